The molecule has 9 heteroatoms. The normalized spacial score (nSPS) is 16.8. The molecule has 2 aromatic heterocycles. The van der Waals surface area contributed by atoms with Crippen LogP contribution in [0.25, 0.3) is 32.2 Å². The fourth-order valence-electron chi connectivity index (χ4n) is 5.67. The van der Waals surface area contributed by atoms with E-state index in [9.17, 15) is 9.90 Å². The molecule has 0 bridgehead atoms. The average molecular weight is 585 g/mol. The number of thiazole rings is 1. The van der Waals surface area contributed by atoms with Gasteiger partial charge >= 0.3 is 5.97 Å². The molecule has 6 rings (SSSR count). The van der Waals surface area contributed by atoms with E-state index in [1.165, 1.54) is 0 Å². The highest BCUT2D eigenvalue weighted by Crippen LogP contribution is 2.44. The number of morpholine rings is 1. The number of aryl methyl sites for hydroxylation is 3. The number of aromatic nitrogens is 3. The molecule has 0 saturated carbocycles. The fraction of sp³-hybridized carbons (Fsp3) is 0.364. The van der Waals surface area contributed by atoms with Crippen LogP contribution >= 0.6 is 11.3 Å². The Labute approximate surface area is 249 Å². The first-order valence-electron chi connectivity index (χ1n) is 14.2. The van der Waals surface area contributed by atoms with Gasteiger partial charge in [0.05, 0.1) is 40.7 Å². The van der Waals surface area contributed by atoms with Gasteiger partial charge in [-0.3, -0.25) is 4.68 Å². The lowest BCUT2D eigenvalue weighted by atomic mass is 9.91. The molecule has 1 N–H and O–H groups in total. The zero-order chi connectivity index (χ0) is 29.8. The molecule has 218 valence electrons. The predicted octanol–water partition coefficient (Wildman–Crippen LogP) is 6.99. The minimum atomic E-state index is -1.12. The van der Waals surface area contributed by atoms with Crippen molar-refractivity contribution in [1.82, 2.24) is 14.8 Å². The van der Waals surface area contributed by atoms with Crippen LogP contribution in [-0.2, 0) is 21.3 Å². The summed E-state index contributed by atoms with van der Waals surface area (Å²) in [6, 6.07) is 16.6. The van der Waals surface area contributed by atoms with Crippen LogP contribution in [0.2, 0.25) is 0 Å². The quantitative estimate of drug-likeness (QED) is 0.230. The van der Waals surface area contributed by atoms with Crippen LogP contribution in [0.4, 0.5) is 5.13 Å². The molecule has 3 heterocycles. The Morgan fingerprint density at radius 1 is 1.14 bits per heavy atom. The molecule has 1 fully saturated rings. The molecule has 8 nitrogen and oxygen atoms in total. The minimum absolute atomic E-state index is 0.0965. The van der Waals surface area contributed by atoms with Crippen molar-refractivity contribution in [1.29, 1.82) is 0 Å². The van der Waals surface area contributed by atoms with Crippen LogP contribution in [0, 0.1) is 13.8 Å². The molecule has 0 spiro atoms. The molecular weight excluding hydrogens is 548 g/mol. The second kappa shape index (κ2) is 10.8. The number of fused-ring (bicyclic) bond motifs is 2. The lowest BCUT2D eigenvalue weighted by Gasteiger charge is -2.33. The third kappa shape index (κ3) is 5.40. The highest BCUT2D eigenvalue weighted by molar-refractivity contribution is 7.22. The third-order valence-electron chi connectivity index (χ3n) is 7.69. The lowest BCUT2D eigenvalue weighted by Crippen LogP contribution is -2.38. The minimum Gasteiger partial charge on any atom is -0.479 e. The summed E-state index contributed by atoms with van der Waals surface area (Å²) in [5.41, 5.74) is 6.89. The van der Waals surface area contributed by atoms with Crippen molar-refractivity contribution in [3.63, 3.8) is 0 Å². The van der Waals surface area contributed by atoms with E-state index in [4.69, 9.17) is 14.5 Å². The zero-order valence-corrected chi connectivity index (χ0v) is 25.7. The summed E-state index contributed by atoms with van der Waals surface area (Å²) in [6.45, 7) is 11.6. The van der Waals surface area contributed by atoms with Crippen LogP contribution in [0.5, 0.6) is 0 Å². The van der Waals surface area contributed by atoms with Crippen molar-refractivity contribution in [2.45, 2.75) is 52.4 Å². The molecule has 1 saturated heterocycles. The number of rotatable bonds is 6. The van der Waals surface area contributed by atoms with Crippen LogP contribution in [0.1, 0.15) is 55.2 Å². The number of hydrogen-bond acceptors (Lipinski definition) is 7. The van der Waals surface area contributed by atoms with E-state index in [-0.39, 0.29) is 6.10 Å². The van der Waals surface area contributed by atoms with Crippen LogP contribution in [0.15, 0.2) is 54.7 Å². The Balaban J connectivity index is 1.44. The first-order chi connectivity index (χ1) is 20.0. The Bertz CT molecular complexity index is 1780. The van der Waals surface area contributed by atoms with Gasteiger partial charge in [-0.1, -0.05) is 47.2 Å². The Morgan fingerprint density at radius 3 is 2.62 bits per heavy atom. The van der Waals surface area contributed by atoms with Crippen LogP contribution < -0.4 is 4.90 Å². The molecule has 0 amide bonds. The summed E-state index contributed by atoms with van der Waals surface area (Å²) in [4.78, 5) is 20.0. The highest BCUT2D eigenvalue weighted by atomic mass is 32.1. The van der Waals surface area contributed by atoms with Crippen molar-refractivity contribution in [3.8, 4) is 11.1 Å². The molecule has 0 unspecified atom stereocenters. The third-order valence-corrected chi connectivity index (χ3v) is 8.84. The van der Waals surface area contributed by atoms with E-state index >= 15 is 0 Å². The van der Waals surface area contributed by atoms with Gasteiger partial charge in [-0.25, -0.2) is 9.78 Å². The number of aliphatic carboxylic acids is 1. The first-order valence-corrected chi connectivity index (χ1v) is 15.0. The maximum Gasteiger partial charge on any atom is 0.337 e. The number of hydrogen-bond donors (Lipinski definition) is 1. The number of nitrogens with zero attached hydrogens (tertiary/aromatic N) is 4. The molecule has 3 aromatic carbocycles. The Morgan fingerprint density at radius 2 is 1.90 bits per heavy atom. The molecule has 0 radical (unpaired) electrons. The van der Waals surface area contributed by atoms with Crippen LogP contribution in [0.3, 0.4) is 0 Å². The van der Waals surface area contributed by atoms with E-state index in [1.807, 2.05) is 58.6 Å². The van der Waals surface area contributed by atoms with Gasteiger partial charge < -0.3 is 19.5 Å². The van der Waals surface area contributed by atoms with E-state index in [2.05, 4.69) is 52.5 Å². The monoisotopic (exact) mass is 584 g/mol. The van der Waals surface area contributed by atoms with Gasteiger partial charge in [0.1, 0.15) is 6.10 Å². The van der Waals surface area contributed by atoms with E-state index in [0.29, 0.717) is 18.7 Å². The molecule has 0 aliphatic carbocycles. The summed E-state index contributed by atoms with van der Waals surface area (Å²) >= 11 is 1.60. The summed E-state index contributed by atoms with van der Waals surface area (Å²) in [5, 5.41) is 16.7. The second-order valence-electron chi connectivity index (χ2n) is 12.0. The molecule has 1 aliphatic rings. The number of benzene rings is 3. The van der Waals surface area contributed by atoms with E-state index in [1.54, 1.807) is 11.3 Å². The lowest BCUT2D eigenvalue weighted by molar-refractivity contribution is -0.160. The van der Waals surface area contributed by atoms with Gasteiger partial charge in [-0.15, -0.1) is 0 Å². The zero-order valence-electron chi connectivity index (χ0n) is 24.8. The topological polar surface area (TPSA) is 89.7 Å². The van der Waals surface area contributed by atoms with E-state index in [0.717, 1.165) is 60.6 Å². The average Bonchev–Trinajstić information content (AvgIpc) is 3.54. The van der Waals surface area contributed by atoms with Crippen molar-refractivity contribution in [3.05, 3.63) is 77.0 Å². The van der Waals surface area contributed by atoms with Crippen molar-refractivity contribution in [2.75, 3.05) is 24.6 Å². The van der Waals surface area contributed by atoms with Gasteiger partial charge in [0.15, 0.2) is 11.2 Å². The van der Waals surface area contributed by atoms with Gasteiger partial charge in [-0.2, -0.15) is 5.10 Å². The van der Waals surface area contributed by atoms with Gasteiger partial charge in [-0.05, 0) is 69.5 Å². The fourth-order valence-corrected chi connectivity index (χ4v) is 6.83. The number of carbonyl (C=O) groups is 1. The Kier molecular flexibility index (Phi) is 7.29. The standard InChI is InChI=1S/C33H36N4O4S/c1-19-7-9-21(10-8-19)28-27(29(31(38)39)41-33(3,4)5)20(2)15-24-30(28)42-32(35-24)37-13-14-40-26(18-37)22-11-12-25-23(16-22)17-34-36(25)6/h7-12,15-17,26,29H,13-14,18H2,1-6H3,(H,38,39)/t26-,29+/m1/s1. The number of ether oxygens (including phenoxy) is 2. The maximum absolute atomic E-state index is 12.6. The first kappa shape index (κ1) is 28.3. The van der Waals surface area contributed by atoms with Gasteiger partial charge in [0.2, 0.25) is 0 Å². The van der Waals surface area contributed by atoms with Crippen molar-refractivity contribution < 1.29 is 19.4 Å². The van der Waals surface area contributed by atoms with Crippen molar-refractivity contribution >= 4 is 43.6 Å². The summed E-state index contributed by atoms with van der Waals surface area (Å²) in [5.74, 6) is -1.01. The smallest absolute Gasteiger partial charge is 0.337 e. The molecule has 1 aliphatic heterocycles. The van der Waals surface area contributed by atoms with Gasteiger partial charge in [0, 0.05) is 30.1 Å². The van der Waals surface area contributed by atoms with E-state index < -0.39 is 17.7 Å². The molecule has 2 atom stereocenters. The Hall–Kier alpha value is -3.79. The predicted molar refractivity (Wildman–Crippen MR) is 167 cm³/mol. The molecule has 42 heavy (non-hydrogen) atoms. The van der Waals surface area contributed by atoms with Crippen molar-refractivity contribution in [2.24, 2.45) is 7.05 Å². The highest BCUT2D eigenvalue weighted by Gasteiger charge is 2.33. The van der Waals surface area contributed by atoms with Crippen LogP contribution in [-0.4, -0.2) is 51.1 Å². The number of anilines is 1. The second-order valence-corrected chi connectivity index (χ2v) is 13.0. The summed E-state index contributed by atoms with van der Waals surface area (Å²) in [7, 11) is 1.94. The molecule has 5 aromatic rings. The SMILES string of the molecule is Cc1ccc(-c2c([C@H](OC(C)(C)C)C(=O)O)c(C)cc3nc(N4CCO[C@@H](c5ccc6c(cnn6C)c5)C4)sc23)cc1. The number of carboxylic acids is 1. The summed E-state index contributed by atoms with van der Waals surface area (Å²) in [6.07, 6.45) is 0.667. The molecular formula is C33H36N4O4S. The summed E-state index contributed by atoms with van der Waals surface area (Å²) < 4.78 is 15.2. The number of carboxylic acid groups (broad SMARTS) is 1. The van der Waals surface area contributed by atoms with Gasteiger partial charge in [0.25, 0.3) is 0 Å². The largest absolute Gasteiger partial charge is 0.479 e. The maximum atomic E-state index is 12.6.